The molecule has 2 aromatic rings. The molecule has 0 saturated carbocycles. The summed E-state index contributed by atoms with van der Waals surface area (Å²) in [6.07, 6.45) is 1.63. The van der Waals surface area contributed by atoms with Crippen LogP contribution in [0.5, 0.6) is 0 Å². The number of benzene rings is 1. The van der Waals surface area contributed by atoms with E-state index in [1.54, 1.807) is 18.3 Å². The van der Waals surface area contributed by atoms with Crippen LogP contribution in [0, 0.1) is 5.82 Å². The number of aromatic nitrogens is 2. The first-order valence-corrected chi connectivity index (χ1v) is 5.55. The molecule has 88 valence electrons. The van der Waals surface area contributed by atoms with E-state index in [2.05, 4.69) is 15.5 Å². The molecule has 1 aromatic carbocycles. The molecule has 0 atom stereocenters. The lowest BCUT2D eigenvalue weighted by atomic mass is 10.2. The van der Waals surface area contributed by atoms with Crippen molar-refractivity contribution < 1.29 is 4.39 Å². The minimum absolute atomic E-state index is 0.142. The summed E-state index contributed by atoms with van der Waals surface area (Å²) in [6.45, 7) is 1.22. The Morgan fingerprint density at radius 3 is 2.82 bits per heavy atom. The van der Waals surface area contributed by atoms with Gasteiger partial charge < -0.3 is 5.32 Å². The van der Waals surface area contributed by atoms with Crippen LogP contribution >= 0.6 is 11.6 Å². The minimum atomic E-state index is -0.399. The molecule has 0 aliphatic carbocycles. The van der Waals surface area contributed by atoms with Crippen molar-refractivity contribution in [2.45, 2.75) is 13.1 Å². The first-order valence-electron chi connectivity index (χ1n) is 5.17. The van der Waals surface area contributed by atoms with Gasteiger partial charge in [-0.3, -0.25) is 0 Å². The average molecular weight is 252 g/mol. The first-order chi connectivity index (χ1) is 8.25. The van der Waals surface area contributed by atoms with Crippen LogP contribution in [0.1, 0.15) is 11.3 Å². The van der Waals surface area contributed by atoms with Crippen molar-refractivity contribution in [3.05, 3.63) is 58.6 Å². The van der Waals surface area contributed by atoms with Crippen LogP contribution in [0.4, 0.5) is 4.39 Å². The van der Waals surface area contributed by atoms with Crippen molar-refractivity contribution in [2.24, 2.45) is 0 Å². The van der Waals surface area contributed by atoms with Crippen molar-refractivity contribution >= 4 is 11.6 Å². The third-order valence-corrected chi connectivity index (χ3v) is 2.54. The Kier molecular flexibility index (Phi) is 4.01. The predicted octanol–water partition coefficient (Wildman–Crippen LogP) is 2.56. The molecule has 1 aromatic heterocycles. The van der Waals surface area contributed by atoms with Gasteiger partial charge in [-0.15, -0.1) is 0 Å². The van der Waals surface area contributed by atoms with Gasteiger partial charge in [0.25, 0.3) is 0 Å². The molecule has 2 rings (SSSR count). The van der Waals surface area contributed by atoms with Crippen LogP contribution in [0.25, 0.3) is 0 Å². The van der Waals surface area contributed by atoms with Gasteiger partial charge in [0, 0.05) is 19.3 Å². The van der Waals surface area contributed by atoms with Gasteiger partial charge in [-0.25, -0.2) is 4.39 Å². The van der Waals surface area contributed by atoms with E-state index in [9.17, 15) is 4.39 Å². The molecule has 0 aliphatic rings. The molecule has 0 aliphatic heterocycles. The SMILES string of the molecule is Fc1ccc(CNCc2cccnn2)cc1Cl. The van der Waals surface area contributed by atoms with E-state index < -0.39 is 5.82 Å². The predicted molar refractivity (Wildman–Crippen MR) is 64.0 cm³/mol. The second kappa shape index (κ2) is 5.70. The summed E-state index contributed by atoms with van der Waals surface area (Å²) < 4.78 is 12.9. The number of halogens is 2. The summed E-state index contributed by atoms with van der Waals surface area (Å²) in [5.41, 5.74) is 1.79. The number of hydrogen-bond donors (Lipinski definition) is 1. The Hall–Kier alpha value is -1.52. The fourth-order valence-electron chi connectivity index (χ4n) is 1.41. The van der Waals surface area contributed by atoms with E-state index in [-0.39, 0.29) is 5.02 Å². The molecule has 0 radical (unpaired) electrons. The van der Waals surface area contributed by atoms with Gasteiger partial charge in [0.2, 0.25) is 0 Å². The fourth-order valence-corrected chi connectivity index (χ4v) is 1.62. The molecule has 17 heavy (non-hydrogen) atoms. The van der Waals surface area contributed by atoms with Gasteiger partial charge in [-0.1, -0.05) is 17.7 Å². The summed E-state index contributed by atoms with van der Waals surface area (Å²) in [5, 5.41) is 11.0. The topological polar surface area (TPSA) is 37.8 Å². The zero-order valence-electron chi connectivity index (χ0n) is 9.03. The molecule has 0 unspecified atom stereocenters. The Morgan fingerprint density at radius 1 is 1.24 bits per heavy atom. The standard InChI is InChI=1S/C12H11ClFN3/c13-11-6-9(3-4-12(11)14)7-15-8-10-2-1-5-16-17-10/h1-6,15H,7-8H2. The second-order valence-corrected chi connectivity index (χ2v) is 3.97. The number of nitrogens with zero attached hydrogens (tertiary/aromatic N) is 2. The molecule has 0 amide bonds. The molecular formula is C12H11ClFN3. The molecule has 0 spiro atoms. The van der Waals surface area contributed by atoms with Crippen LogP contribution < -0.4 is 5.32 Å². The maximum absolute atomic E-state index is 12.9. The lowest BCUT2D eigenvalue weighted by molar-refractivity contribution is 0.624. The highest BCUT2D eigenvalue weighted by atomic mass is 35.5. The molecule has 0 fully saturated rings. The second-order valence-electron chi connectivity index (χ2n) is 3.57. The molecule has 1 heterocycles. The Bertz CT molecular complexity index is 490. The highest BCUT2D eigenvalue weighted by Crippen LogP contribution is 2.15. The number of nitrogens with one attached hydrogen (secondary N) is 1. The van der Waals surface area contributed by atoms with Gasteiger partial charge in [0.05, 0.1) is 10.7 Å². The van der Waals surface area contributed by atoms with Crippen LogP contribution in [0.15, 0.2) is 36.5 Å². The third kappa shape index (κ3) is 3.47. The van der Waals surface area contributed by atoms with Crippen molar-refractivity contribution in [1.29, 1.82) is 0 Å². The summed E-state index contributed by atoms with van der Waals surface area (Å²) in [6, 6.07) is 8.39. The van der Waals surface area contributed by atoms with Gasteiger partial charge in [-0.2, -0.15) is 10.2 Å². The molecule has 5 heteroatoms. The van der Waals surface area contributed by atoms with Gasteiger partial charge in [0.1, 0.15) is 5.82 Å². The Morgan fingerprint density at radius 2 is 2.12 bits per heavy atom. The van der Waals surface area contributed by atoms with Crippen LogP contribution in [-0.2, 0) is 13.1 Å². The van der Waals surface area contributed by atoms with Crippen molar-refractivity contribution in [2.75, 3.05) is 0 Å². The van der Waals surface area contributed by atoms with Gasteiger partial charge in [-0.05, 0) is 29.8 Å². The Balaban J connectivity index is 1.88. The van der Waals surface area contributed by atoms with E-state index in [0.717, 1.165) is 11.3 Å². The van der Waals surface area contributed by atoms with Crippen molar-refractivity contribution in [3.63, 3.8) is 0 Å². The monoisotopic (exact) mass is 251 g/mol. The number of hydrogen-bond acceptors (Lipinski definition) is 3. The third-order valence-electron chi connectivity index (χ3n) is 2.25. The zero-order valence-corrected chi connectivity index (χ0v) is 9.78. The molecule has 3 nitrogen and oxygen atoms in total. The van der Waals surface area contributed by atoms with Crippen LogP contribution in [0.3, 0.4) is 0 Å². The smallest absolute Gasteiger partial charge is 0.141 e. The minimum Gasteiger partial charge on any atom is -0.307 e. The first kappa shape index (κ1) is 12.0. The molecule has 1 N–H and O–H groups in total. The maximum Gasteiger partial charge on any atom is 0.141 e. The maximum atomic E-state index is 12.9. The lowest BCUT2D eigenvalue weighted by Crippen LogP contribution is -2.13. The fraction of sp³-hybridized carbons (Fsp3) is 0.167. The highest BCUT2D eigenvalue weighted by Gasteiger charge is 2.00. The summed E-state index contributed by atoms with van der Waals surface area (Å²) in [5.74, 6) is -0.399. The molecular weight excluding hydrogens is 241 g/mol. The van der Waals surface area contributed by atoms with Crippen LogP contribution in [0.2, 0.25) is 5.02 Å². The normalized spacial score (nSPS) is 10.5. The lowest BCUT2D eigenvalue weighted by Gasteiger charge is -2.04. The highest BCUT2D eigenvalue weighted by molar-refractivity contribution is 6.30. The van der Waals surface area contributed by atoms with Crippen molar-refractivity contribution in [1.82, 2.24) is 15.5 Å². The van der Waals surface area contributed by atoms with E-state index in [0.29, 0.717) is 13.1 Å². The Labute approximate surface area is 104 Å². The van der Waals surface area contributed by atoms with Crippen LogP contribution in [-0.4, -0.2) is 10.2 Å². The summed E-state index contributed by atoms with van der Waals surface area (Å²) in [4.78, 5) is 0. The summed E-state index contributed by atoms with van der Waals surface area (Å²) >= 11 is 5.68. The average Bonchev–Trinajstić information content (AvgIpc) is 2.35. The van der Waals surface area contributed by atoms with E-state index in [4.69, 9.17) is 11.6 Å². The van der Waals surface area contributed by atoms with E-state index >= 15 is 0 Å². The largest absolute Gasteiger partial charge is 0.307 e. The van der Waals surface area contributed by atoms with E-state index in [1.165, 1.54) is 6.07 Å². The van der Waals surface area contributed by atoms with E-state index in [1.807, 2.05) is 12.1 Å². The molecule has 0 saturated heterocycles. The number of rotatable bonds is 4. The molecule has 0 bridgehead atoms. The quantitative estimate of drug-likeness (QED) is 0.908. The van der Waals surface area contributed by atoms with Gasteiger partial charge >= 0.3 is 0 Å². The van der Waals surface area contributed by atoms with Crippen molar-refractivity contribution in [3.8, 4) is 0 Å². The summed E-state index contributed by atoms with van der Waals surface area (Å²) in [7, 11) is 0. The zero-order chi connectivity index (χ0) is 12.1. The van der Waals surface area contributed by atoms with Gasteiger partial charge in [0.15, 0.2) is 0 Å².